The van der Waals surface area contributed by atoms with Crippen LogP contribution in [-0.2, 0) is 6.42 Å². The molecule has 3 heteroatoms. The highest BCUT2D eigenvalue weighted by Crippen LogP contribution is 2.33. The second-order valence-corrected chi connectivity index (χ2v) is 5.86. The van der Waals surface area contributed by atoms with Gasteiger partial charge in [-0.25, -0.2) is 0 Å². The van der Waals surface area contributed by atoms with E-state index in [2.05, 4.69) is 11.7 Å². The molecule has 1 saturated carbocycles. The van der Waals surface area contributed by atoms with Crippen molar-refractivity contribution >= 4 is 0 Å². The molecular weight excluding hydrogens is 258 g/mol. The summed E-state index contributed by atoms with van der Waals surface area (Å²) in [5.41, 5.74) is 1.21. The maximum absolute atomic E-state index is 12.1. The summed E-state index contributed by atoms with van der Waals surface area (Å²) >= 11 is 0. The van der Waals surface area contributed by atoms with Gasteiger partial charge < -0.3 is 4.74 Å². The van der Waals surface area contributed by atoms with E-state index < -0.39 is 6.61 Å². The minimum atomic E-state index is -2.74. The lowest BCUT2D eigenvalue weighted by atomic mass is 9.78. The highest BCUT2D eigenvalue weighted by Gasteiger charge is 2.19. The van der Waals surface area contributed by atoms with Gasteiger partial charge in [0.25, 0.3) is 0 Å². The van der Waals surface area contributed by atoms with Gasteiger partial charge in [-0.3, -0.25) is 0 Å². The van der Waals surface area contributed by atoms with E-state index in [0.717, 1.165) is 18.3 Å². The van der Waals surface area contributed by atoms with Crippen LogP contribution in [0.3, 0.4) is 0 Å². The lowest BCUT2D eigenvalue weighted by molar-refractivity contribution is -0.0498. The van der Waals surface area contributed by atoms with Crippen molar-refractivity contribution in [2.75, 3.05) is 0 Å². The Morgan fingerprint density at radius 1 is 1.05 bits per heavy atom. The maximum atomic E-state index is 12.1. The van der Waals surface area contributed by atoms with Gasteiger partial charge in [0, 0.05) is 0 Å². The van der Waals surface area contributed by atoms with Crippen LogP contribution in [-0.4, -0.2) is 6.61 Å². The minimum Gasteiger partial charge on any atom is -0.435 e. The largest absolute Gasteiger partial charge is 0.435 e. The topological polar surface area (TPSA) is 9.23 Å². The summed E-state index contributed by atoms with van der Waals surface area (Å²) in [4.78, 5) is 0. The van der Waals surface area contributed by atoms with Crippen molar-refractivity contribution in [1.29, 1.82) is 0 Å². The standard InChI is InChI=1S/C17H24F2O/c1-2-13-3-5-14(6-4-13)7-8-15-9-11-16(12-10-15)20-17(18)19/h9-14,17H,2-8H2,1H3. The van der Waals surface area contributed by atoms with Gasteiger partial charge in [0.1, 0.15) is 5.75 Å². The first-order valence-corrected chi connectivity index (χ1v) is 7.71. The van der Waals surface area contributed by atoms with Crippen LogP contribution < -0.4 is 4.74 Å². The lowest BCUT2D eigenvalue weighted by Crippen LogP contribution is -2.14. The number of aryl methyl sites for hydroxylation is 1. The van der Waals surface area contributed by atoms with Crippen molar-refractivity contribution in [2.24, 2.45) is 11.8 Å². The number of benzene rings is 1. The molecule has 0 atom stereocenters. The average molecular weight is 282 g/mol. The second kappa shape index (κ2) is 7.61. The van der Waals surface area contributed by atoms with E-state index in [9.17, 15) is 8.78 Å². The summed E-state index contributed by atoms with van der Waals surface area (Å²) in [7, 11) is 0. The van der Waals surface area contributed by atoms with Gasteiger partial charge in [-0.2, -0.15) is 8.78 Å². The Labute approximate surface area is 120 Å². The Balaban J connectivity index is 1.74. The third-order valence-corrected chi connectivity index (χ3v) is 4.53. The molecule has 2 rings (SSSR count). The molecule has 0 aromatic heterocycles. The van der Waals surface area contributed by atoms with Crippen molar-refractivity contribution in [3.8, 4) is 5.75 Å². The van der Waals surface area contributed by atoms with E-state index in [1.54, 1.807) is 12.1 Å². The van der Waals surface area contributed by atoms with Crippen LogP contribution in [0.2, 0.25) is 0 Å². The monoisotopic (exact) mass is 282 g/mol. The van der Waals surface area contributed by atoms with Crippen molar-refractivity contribution in [2.45, 2.75) is 58.5 Å². The fourth-order valence-electron chi connectivity index (χ4n) is 3.14. The first kappa shape index (κ1) is 15.3. The van der Waals surface area contributed by atoms with Gasteiger partial charge in [0.05, 0.1) is 0 Å². The molecule has 1 aliphatic carbocycles. The van der Waals surface area contributed by atoms with Crippen molar-refractivity contribution in [3.63, 3.8) is 0 Å². The highest BCUT2D eigenvalue weighted by atomic mass is 19.3. The van der Waals surface area contributed by atoms with Crippen LogP contribution in [0.5, 0.6) is 5.75 Å². The van der Waals surface area contributed by atoms with Gasteiger partial charge in [-0.05, 0) is 42.4 Å². The summed E-state index contributed by atoms with van der Waals surface area (Å²) in [6, 6.07) is 7.07. The van der Waals surface area contributed by atoms with Crippen LogP contribution in [0.4, 0.5) is 8.78 Å². The Morgan fingerprint density at radius 3 is 2.20 bits per heavy atom. The molecule has 20 heavy (non-hydrogen) atoms. The Bertz CT molecular complexity index is 380. The van der Waals surface area contributed by atoms with E-state index >= 15 is 0 Å². The molecule has 0 amide bonds. The predicted octanol–water partition coefficient (Wildman–Crippen LogP) is 5.44. The fourth-order valence-corrected chi connectivity index (χ4v) is 3.14. The lowest BCUT2D eigenvalue weighted by Gasteiger charge is -2.27. The van der Waals surface area contributed by atoms with Gasteiger partial charge in [-0.1, -0.05) is 51.2 Å². The second-order valence-electron chi connectivity index (χ2n) is 5.86. The summed E-state index contributed by atoms with van der Waals surface area (Å²) in [6.07, 6.45) is 9.03. The molecule has 0 aliphatic heterocycles. The molecule has 112 valence electrons. The summed E-state index contributed by atoms with van der Waals surface area (Å²) in [5.74, 6) is 2.03. The average Bonchev–Trinajstić information content (AvgIpc) is 2.46. The van der Waals surface area contributed by atoms with E-state index in [1.165, 1.54) is 44.1 Å². The van der Waals surface area contributed by atoms with Crippen LogP contribution >= 0.6 is 0 Å². The summed E-state index contributed by atoms with van der Waals surface area (Å²) < 4.78 is 28.5. The zero-order valence-corrected chi connectivity index (χ0v) is 12.2. The fraction of sp³-hybridized carbons (Fsp3) is 0.647. The molecule has 0 unspecified atom stereocenters. The first-order chi connectivity index (χ1) is 9.67. The number of ether oxygens (including phenoxy) is 1. The normalized spacial score (nSPS) is 23.0. The van der Waals surface area contributed by atoms with Gasteiger partial charge in [0.15, 0.2) is 0 Å². The van der Waals surface area contributed by atoms with Crippen molar-refractivity contribution in [1.82, 2.24) is 0 Å². The molecule has 0 saturated heterocycles. The molecule has 0 radical (unpaired) electrons. The minimum absolute atomic E-state index is 0.243. The van der Waals surface area contributed by atoms with Gasteiger partial charge >= 0.3 is 6.61 Å². The van der Waals surface area contributed by atoms with E-state index in [-0.39, 0.29) is 5.75 Å². The molecular formula is C17H24F2O. The number of hydrogen-bond donors (Lipinski definition) is 0. The predicted molar refractivity (Wildman–Crippen MR) is 77.1 cm³/mol. The van der Waals surface area contributed by atoms with Crippen molar-refractivity contribution < 1.29 is 13.5 Å². The third kappa shape index (κ3) is 4.77. The quantitative estimate of drug-likeness (QED) is 0.675. The molecule has 0 bridgehead atoms. The van der Waals surface area contributed by atoms with Crippen molar-refractivity contribution in [3.05, 3.63) is 29.8 Å². The molecule has 0 heterocycles. The molecule has 1 aromatic carbocycles. The molecule has 0 N–H and O–H groups in total. The SMILES string of the molecule is CCC1CCC(CCc2ccc(OC(F)F)cc2)CC1. The van der Waals surface area contributed by atoms with E-state index in [1.807, 2.05) is 12.1 Å². The molecule has 1 aliphatic rings. The molecule has 1 nitrogen and oxygen atoms in total. The van der Waals surface area contributed by atoms with Crippen LogP contribution in [0.15, 0.2) is 24.3 Å². The Morgan fingerprint density at radius 2 is 1.65 bits per heavy atom. The smallest absolute Gasteiger partial charge is 0.387 e. The Hall–Kier alpha value is -1.12. The third-order valence-electron chi connectivity index (χ3n) is 4.53. The van der Waals surface area contributed by atoms with Gasteiger partial charge in [0.2, 0.25) is 0 Å². The first-order valence-electron chi connectivity index (χ1n) is 7.71. The van der Waals surface area contributed by atoms with Crippen LogP contribution in [0, 0.1) is 11.8 Å². The number of halogens is 2. The Kier molecular flexibility index (Phi) is 5.81. The van der Waals surface area contributed by atoms with Gasteiger partial charge in [-0.15, -0.1) is 0 Å². The molecule has 1 aromatic rings. The highest BCUT2D eigenvalue weighted by molar-refractivity contribution is 5.27. The number of alkyl halides is 2. The maximum Gasteiger partial charge on any atom is 0.387 e. The van der Waals surface area contributed by atoms with E-state index in [0.29, 0.717) is 0 Å². The molecule has 0 spiro atoms. The number of rotatable bonds is 6. The van der Waals surface area contributed by atoms with Crippen LogP contribution in [0.1, 0.15) is 51.0 Å². The number of hydrogen-bond acceptors (Lipinski definition) is 1. The van der Waals surface area contributed by atoms with Crippen LogP contribution in [0.25, 0.3) is 0 Å². The zero-order valence-electron chi connectivity index (χ0n) is 12.2. The summed E-state index contributed by atoms with van der Waals surface area (Å²) in [5, 5.41) is 0. The zero-order chi connectivity index (χ0) is 14.4. The molecule has 1 fully saturated rings. The van der Waals surface area contributed by atoms with E-state index in [4.69, 9.17) is 0 Å². The summed E-state index contributed by atoms with van der Waals surface area (Å²) in [6.45, 7) is -0.455.